The van der Waals surface area contributed by atoms with E-state index in [1.807, 2.05) is 0 Å². The summed E-state index contributed by atoms with van der Waals surface area (Å²) in [5.74, 6) is 0.00213. The van der Waals surface area contributed by atoms with Gasteiger partial charge in [-0.15, -0.1) is 0 Å². The third-order valence-corrected chi connectivity index (χ3v) is 2.49. The summed E-state index contributed by atoms with van der Waals surface area (Å²) in [5, 5.41) is 0. The molecule has 0 fully saturated rings. The van der Waals surface area contributed by atoms with Gasteiger partial charge < -0.3 is 4.55 Å². The highest BCUT2D eigenvalue weighted by Crippen LogP contribution is 2.11. The standard InChI is InChI=1S/C9H10O2S/c1-7(10)8-4-3-5-9(6-8)12(2)11/h3-6H,1-2H3. The lowest BCUT2D eigenvalue weighted by atomic mass is 10.2. The second-order valence-electron chi connectivity index (χ2n) is 2.54. The fourth-order valence-electron chi connectivity index (χ4n) is 0.894. The van der Waals surface area contributed by atoms with E-state index in [2.05, 4.69) is 0 Å². The second kappa shape index (κ2) is 3.74. The first-order chi connectivity index (χ1) is 5.61. The Kier molecular flexibility index (Phi) is 2.89. The van der Waals surface area contributed by atoms with Crippen molar-refractivity contribution in [3.8, 4) is 0 Å². The smallest absolute Gasteiger partial charge is 0.159 e. The van der Waals surface area contributed by atoms with Crippen LogP contribution in [0, 0.1) is 0 Å². The fraction of sp³-hybridized carbons (Fsp3) is 0.222. The zero-order chi connectivity index (χ0) is 9.14. The van der Waals surface area contributed by atoms with Gasteiger partial charge in [-0.2, -0.15) is 0 Å². The van der Waals surface area contributed by atoms with Crippen LogP contribution < -0.4 is 0 Å². The molecule has 0 bridgehead atoms. The van der Waals surface area contributed by atoms with E-state index < -0.39 is 11.2 Å². The lowest BCUT2D eigenvalue weighted by Gasteiger charge is -2.04. The van der Waals surface area contributed by atoms with Crippen molar-refractivity contribution in [2.45, 2.75) is 11.8 Å². The molecule has 0 aliphatic heterocycles. The van der Waals surface area contributed by atoms with Gasteiger partial charge in [0.25, 0.3) is 0 Å². The molecule has 64 valence electrons. The quantitative estimate of drug-likeness (QED) is 0.515. The summed E-state index contributed by atoms with van der Waals surface area (Å²) in [6, 6.07) is 6.88. The molecule has 1 rings (SSSR count). The predicted octanol–water partition coefficient (Wildman–Crippen LogP) is 1.63. The van der Waals surface area contributed by atoms with Gasteiger partial charge in [-0.05, 0) is 24.2 Å². The molecule has 1 atom stereocenters. The number of Topliss-reactive ketones (excluding diaryl/α,β-unsaturated/α-hetero) is 1. The topological polar surface area (TPSA) is 40.1 Å². The maximum atomic E-state index is 11.0. The Bertz CT molecular complexity index is 294. The summed E-state index contributed by atoms with van der Waals surface area (Å²) in [5.41, 5.74) is 0.614. The summed E-state index contributed by atoms with van der Waals surface area (Å²) in [6.45, 7) is 1.50. The largest absolute Gasteiger partial charge is 0.612 e. The molecule has 0 spiro atoms. The first-order valence-electron chi connectivity index (χ1n) is 3.55. The van der Waals surface area contributed by atoms with Crippen molar-refractivity contribution in [1.29, 1.82) is 0 Å². The lowest BCUT2D eigenvalue weighted by Crippen LogP contribution is -1.99. The van der Waals surface area contributed by atoms with Crippen molar-refractivity contribution in [2.75, 3.05) is 6.26 Å². The van der Waals surface area contributed by atoms with Crippen molar-refractivity contribution >= 4 is 17.0 Å². The van der Waals surface area contributed by atoms with Crippen molar-refractivity contribution < 1.29 is 9.35 Å². The van der Waals surface area contributed by atoms with Gasteiger partial charge in [0.2, 0.25) is 0 Å². The molecular formula is C9H10O2S. The van der Waals surface area contributed by atoms with E-state index in [4.69, 9.17) is 0 Å². The van der Waals surface area contributed by atoms with Crippen molar-refractivity contribution in [1.82, 2.24) is 0 Å². The Morgan fingerprint density at radius 1 is 1.50 bits per heavy atom. The SMILES string of the molecule is CC(=O)c1cccc([S+](C)[O-])c1. The van der Waals surface area contributed by atoms with Crippen molar-refractivity contribution in [3.63, 3.8) is 0 Å². The van der Waals surface area contributed by atoms with E-state index >= 15 is 0 Å². The Hall–Kier alpha value is -0.800. The minimum Gasteiger partial charge on any atom is -0.612 e. The summed E-state index contributed by atoms with van der Waals surface area (Å²) < 4.78 is 11.0. The molecule has 1 unspecified atom stereocenters. The Morgan fingerprint density at radius 2 is 2.17 bits per heavy atom. The molecule has 2 nitrogen and oxygen atoms in total. The third kappa shape index (κ3) is 2.09. The molecule has 0 saturated carbocycles. The van der Waals surface area contributed by atoms with Gasteiger partial charge in [-0.3, -0.25) is 4.79 Å². The van der Waals surface area contributed by atoms with Gasteiger partial charge in [0.15, 0.2) is 10.7 Å². The average molecular weight is 182 g/mol. The molecule has 1 aromatic rings. The van der Waals surface area contributed by atoms with Crippen LogP contribution >= 0.6 is 0 Å². The molecule has 0 aliphatic carbocycles. The fourth-order valence-corrected chi connectivity index (χ4v) is 1.46. The van der Waals surface area contributed by atoms with E-state index in [-0.39, 0.29) is 5.78 Å². The molecule has 0 amide bonds. The number of rotatable bonds is 2. The Balaban J connectivity index is 3.04. The number of benzene rings is 1. The zero-order valence-electron chi connectivity index (χ0n) is 7.03. The highest BCUT2D eigenvalue weighted by molar-refractivity contribution is 7.90. The Morgan fingerprint density at radius 3 is 2.67 bits per heavy atom. The molecule has 0 radical (unpaired) electrons. The van der Waals surface area contributed by atoms with E-state index in [1.165, 1.54) is 6.92 Å². The predicted molar refractivity (Wildman–Crippen MR) is 48.8 cm³/mol. The Labute approximate surface area is 74.8 Å². The molecule has 0 N–H and O–H groups in total. The molecule has 1 aromatic carbocycles. The maximum Gasteiger partial charge on any atom is 0.159 e. The van der Waals surface area contributed by atoms with Crippen LogP contribution in [0.25, 0.3) is 0 Å². The van der Waals surface area contributed by atoms with Gasteiger partial charge in [0, 0.05) is 11.6 Å². The second-order valence-corrected chi connectivity index (χ2v) is 3.92. The van der Waals surface area contributed by atoms with Crippen LogP contribution in [0.4, 0.5) is 0 Å². The van der Waals surface area contributed by atoms with Gasteiger partial charge >= 0.3 is 0 Å². The highest BCUT2D eigenvalue weighted by atomic mass is 32.2. The van der Waals surface area contributed by atoms with Gasteiger partial charge in [-0.25, -0.2) is 0 Å². The van der Waals surface area contributed by atoms with Gasteiger partial charge in [0.1, 0.15) is 6.26 Å². The maximum absolute atomic E-state index is 11.0. The van der Waals surface area contributed by atoms with E-state index in [9.17, 15) is 9.35 Å². The van der Waals surface area contributed by atoms with Crippen LogP contribution in [0.15, 0.2) is 29.2 Å². The zero-order valence-corrected chi connectivity index (χ0v) is 7.85. The molecule has 12 heavy (non-hydrogen) atoms. The number of hydrogen-bond acceptors (Lipinski definition) is 2. The normalized spacial score (nSPS) is 12.6. The van der Waals surface area contributed by atoms with Crippen molar-refractivity contribution in [3.05, 3.63) is 29.8 Å². The number of ketones is 1. The van der Waals surface area contributed by atoms with Crippen LogP contribution in [-0.4, -0.2) is 16.6 Å². The van der Waals surface area contributed by atoms with E-state index in [0.717, 1.165) is 0 Å². The van der Waals surface area contributed by atoms with E-state index in [1.54, 1.807) is 30.5 Å². The van der Waals surface area contributed by atoms with Crippen LogP contribution in [0.2, 0.25) is 0 Å². The monoisotopic (exact) mass is 182 g/mol. The number of carbonyl (C=O) groups excluding carboxylic acids is 1. The van der Waals surface area contributed by atoms with Crippen LogP contribution in [0.3, 0.4) is 0 Å². The lowest BCUT2D eigenvalue weighted by molar-refractivity contribution is 0.101. The third-order valence-electron chi connectivity index (χ3n) is 1.57. The summed E-state index contributed by atoms with van der Waals surface area (Å²) >= 11 is -1.01. The minimum absolute atomic E-state index is 0.00213. The van der Waals surface area contributed by atoms with Crippen LogP contribution in [-0.2, 0) is 11.2 Å². The summed E-state index contributed by atoms with van der Waals surface area (Å²) in [4.78, 5) is 11.6. The van der Waals surface area contributed by atoms with E-state index in [0.29, 0.717) is 10.5 Å². The first kappa shape index (κ1) is 9.29. The van der Waals surface area contributed by atoms with Gasteiger partial charge in [0.05, 0.1) is 0 Å². The molecule has 0 aromatic heterocycles. The minimum atomic E-state index is -1.01. The number of hydrogen-bond donors (Lipinski definition) is 0. The summed E-state index contributed by atoms with van der Waals surface area (Å²) in [7, 11) is 0. The van der Waals surface area contributed by atoms with Gasteiger partial charge in [-0.1, -0.05) is 12.1 Å². The van der Waals surface area contributed by atoms with Crippen LogP contribution in [0.5, 0.6) is 0 Å². The molecular weight excluding hydrogens is 172 g/mol. The molecule has 3 heteroatoms. The number of carbonyl (C=O) groups is 1. The first-order valence-corrected chi connectivity index (χ1v) is 5.11. The van der Waals surface area contributed by atoms with Crippen molar-refractivity contribution in [2.24, 2.45) is 0 Å². The molecule has 0 saturated heterocycles. The summed E-state index contributed by atoms with van der Waals surface area (Å²) in [6.07, 6.45) is 1.60. The average Bonchev–Trinajstić information content (AvgIpc) is 2.04. The highest BCUT2D eigenvalue weighted by Gasteiger charge is 2.06. The molecule has 0 heterocycles. The molecule has 0 aliphatic rings. The van der Waals surface area contributed by atoms with Crippen LogP contribution in [0.1, 0.15) is 17.3 Å².